The van der Waals surface area contributed by atoms with Crippen LogP contribution in [0.15, 0.2) is 42.5 Å². The van der Waals surface area contributed by atoms with Crippen molar-refractivity contribution in [1.82, 2.24) is 29.9 Å². The Kier molecular flexibility index (Phi) is 7.25. The summed E-state index contributed by atoms with van der Waals surface area (Å²) in [4.78, 5) is 29.1. The molecule has 2 heterocycles. The SMILES string of the molecule is CCc1nc(CC)nc(-c2ccc3ccc4c([Si](C)(C)C(C)C)cc(-c5nc(CC)nc(CC)n5)c5ccc2c3c54)n1. The Balaban J connectivity index is 1.76. The number of rotatable bonds is 8. The van der Waals surface area contributed by atoms with E-state index in [0.717, 1.165) is 71.8 Å². The van der Waals surface area contributed by atoms with Crippen molar-refractivity contribution in [2.24, 2.45) is 0 Å². The largest absolute Gasteiger partial charge is 0.218 e. The lowest BCUT2D eigenvalue weighted by molar-refractivity contribution is 0.832. The maximum Gasteiger partial charge on any atom is 0.163 e. The van der Waals surface area contributed by atoms with E-state index < -0.39 is 8.07 Å². The average Bonchev–Trinajstić information content (AvgIpc) is 3.02. The van der Waals surface area contributed by atoms with Crippen LogP contribution in [-0.2, 0) is 25.7 Å². The molecule has 6 rings (SSSR count). The van der Waals surface area contributed by atoms with Crippen LogP contribution in [0, 0.1) is 0 Å². The maximum atomic E-state index is 4.99. The van der Waals surface area contributed by atoms with Gasteiger partial charge in [-0.15, -0.1) is 0 Å². The van der Waals surface area contributed by atoms with Crippen molar-refractivity contribution in [3.05, 3.63) is 65.8 Å². The summed E-state index contributed by atoms with van der Waals surface area (Å²) in [5, 5.41) is 8.93. The van der Waals surface area contributed by atoms with Crippen LogP contribution in [0.3, 0.4) is 0 Å². The van der Waals surface area contributed by atoms with Crippen molar-refractivity contribution in [1.29, 1.82) is 0 Å². The molecule has 0 aliphatic carbocycles. The zero-order valence-corrected chi connectivity index (χ0v) is 27.1. The molecule has 6 nitrogen and oxygen atoms in total. The Morgan fingerprint density at radius 3 is 1.50 bits per heavy atom. The van der Waals surface area contributed by atoms with Gasteiger partial charge in [0.25, 0.3) is 0 Å². The van der Waals surface area contributed by atoms with Crippen LogP contribution in [0.25, 0.3) is 55.1 Å². The maximum absolute atomic E-state index is 4.99. The minimum atomic E-state index is -1.86. The molecule has 6 aromatic rings. The highest BCUT2D eigenvalue weighted by Gasteiger charge is 2.31. The van der Waals surface area contributed by atoms with E-state index in [-0.39, 0.29) is 0 Å². The van der Waals surface area contributed by atoms with Crippen LogP contribution in [-0.4, -0.2) is 38.0 Å². The smallest absolute Gasteiger partial charge is 0.163 e. The lowest BCUT2D eigenvalue weighted by Crippen LogP contribution is -2.44. The first-order valence-corrected chi connectivity index (χ1v) is 18.5. The predicted octanol–water partition coefficient (Wildman–Crippen LogP) is 7.86. The molecule has 0 bridgehead atoms. The summed E-state index contributed by atoms with van der Waals surface area (Å²) in [6.45, 7) is 18.1. The summed E-state index contributed by atoms with van der Waals surface area (Å²) in [7, 11) is -1.86. The zero-order valence-electron chi connectivity index (χ0n) is 26.1. The van der Waals surface area contributed by atoms with Gasteiger partial charge in [-0.1, -0.05) is 96.2 Å². The highest BCUT2D eigenvalue weighted by molar-refractivity contribution is 6.92. The molecule has 42 heavy (non-hydrogen) atoms. The number of hydrogen-bond acceptors (Lipinski definition) is 6. The van der Waals surface area contributed by atoms with Gasteiger partial charge >= 0.3 is 0 Å². The van der Waals surface area contributed by atoms with Gasteiger partial charge in [-0.25, -0.2) is 29.9 Å². The topological polar surface area (TPSA) is 77.3 Å². The van der Waals surface area contributed by atoms with E-state index in [2.05, 4.69) is 102 Å². The molecule has 7 heteroatoms. The van der Waals surface area contributed by atoms with E-state index in [1.165, 1.54) is 37.5 Å². The van der Waals surface area contributed by atoms with Crippen LogP contribution in [0.2, 0.25) is 18.6 Å². The molecule has 0 unspecified atom stereocenters. The summed E-state index contributed by atoms with van der Waals surface area (Å²) in [5.74, 6) is 4.91. The molecule has 0 saturated carbocycles. The monoisotopic (exact) mass is 572 g/mol. The summed E-state index contributed by atoms with van der Waals surface area (Å²) >= 11 is 0. The lowest BCUT2D eigenvalue weighted by atomic mass is 9.89. The minimum Gasteiger partial charge on any atom is -0.218 e. The van der Waals surface area contributed by atoms with Crippen molar-refractivity contribution in [2.75, 3.05) is 0 Å². The normalized spacial score (nSPS) is 12.4. The van der Waals surface area contributed by atoms with Gasteiger partial charge in [0.1, 0.15) is 23.3 Å². The van der Waals surface area contributed by atoms with Crippen LogP contribution in [0.5, 0.6) is 0 Å². The number of hydrogen-bond donors (Lipinski definition) is 0. The molecule has 4 aromatic carbocycles. The Bertz CT molecular complexity index is 1900. The van der Waals surface area contributed by atoms with Gasteiger partial charge < -0.3 is 0 Å². The fraction of sp³-hybridized carbons (Fsp3) is 0.371. The van der Waals surface area contributed by atoms with Crippen molar-refractivity contribution in [3.63, 3.8) is 0 Å². The lowest BCUT2D eigenvalue weighted by Gasteiger charge is -2.30. The second-order valence-corrected chi connectivity index (χ2v) is 17.2. The number of aromatic nitrogens is 6. The van der Waals surface area contributed by atoms with Crippen LogP contribution >= 0.6 is 0 Å². The second kappa shape index (κ2) is 10.8. The molecule has 0 spiro atoms. The third-order valence-electron chi connectivity index (χ3n) is 9.12. The Morgan fingerprint density at radius 2 is 1.00 bits per heavy atom. The minimum absolute atomic E-state index is 0.570. The van der Waals surface area contributed by atoms with Gasteiger partial charge in [-0.2, -0.15) is 0 Å². The molecule has 0 saturated heterocycles. The van der Waals surface area contributed by atoms with Gasteiger partial charge in [-0.3, -0.25) is 0 Å². The van der Waals surface area contributed by atoms with Gasteiger partial charge in [-0.05, 0) is 43.9 Å². The molecular formula is C35H40N6Si. The summed E-state index contributed by atoms with van der Waals surface area (Å²) in [6, 6.07) is 16.0. The number of benzene rings is 4. The van der Waals surface area contributed by atoms with Gasteiger partial charge in [0.05, 0.1) is 8.07 Å². The third kappa shape index (κ3) is 4.55. The zero-order chi connectivity index (χ0) is 29.8. The van der Waals surface area contributed by atoms with E-state index >= 15 is 0 Å². The van der Waals surface area contributed by atoms with Crippen LogP contribution in [0.1, 0.15) is 64.8 Å². The Morgan fingerprint density at radius 1 is 0.548 bits per heavy atom. The van der Waals surface area contributed by atoms with E-state index in [9.17, 15) is 0 Å². The Labute approximate surface area is 249 Å². The number of nitrogens with zero attached hydrogens (tertiary/aromatic N) is 6. The Hall–Kier alpha value is -3.84. The van der Waals surface area contributed by atoms with Gasteiger partial charge in [0, 0.05) is 36.8 Å². The van der Waals surface area contributed by atoms with E-state index in [1.807, 2.05) is 0 Å². The average molecular weight is 573 g/mol. The fourth-order valence-corrected chi connectivity index (χ4v) is 7.97. The molecule has 214 valence electrons. The molecule has 0 fully saturated rings. The van der Waals surface area contributed by atoms with Gasteiger partial charge in [0.15, 0.2) is 11.6 Å². The first-order valence-electron chi connectivity index (χ1n) is 15.4. The molecule has 0 aliphatic rings. The molecular weight excluding hydrogens is 533 g/mol. The van der Waals surface area contributed by atoms with Crippen molar-refractivity contribution < 1.29 is 0 Å². The standard InChI is InChI=1S/C35H40N6Si/c1-9-28-36-29(10-2)39-34(38-28)24-15-13-21-14-16-25-27(42(7,8)20(5)6)19-26(23-18-17-22(24)32(21)33(23)25)35-40-30(11-3)37-31(12-4)41-35/h13-20H,9-12H2,1-8H3. The molecule has 0 amide bonds. The first-order chi connectivity index (χ1) is 20.2. The first kappa shape index (κ1) is 28.3. The fourth-order valence-electron chi connectivity index (χ4n) is 5.93. The third-order valence-corrected chi connectivity index (χ3v) is 13.8. The van der Waals surface area contributed by atoms with Crippen molar-refractivity contribution in [3.8, 4) is 22.8 Å². The van der Waals surface area contributed by atoms with Crippen molar-refractivity contribution >= 4 is 45.6 Å². The molecule has 2 aromatic heterocycles. The number of aryl methyl sites for hydroxylation is 4. The molecule has 0 radical (unpaired) electrons. The van der Waals surface area contributed by atoms with E-state index in [4.69, 9.17) is 24.9 Å². The predicted molar refractivity (Wildman–Crippen MR) is 178 cm³/mol. The van der Waals surface area contributed by atoms with Crippen LogP contribution < -0.4 is 5.19 Å². The highest BCUT2D eigenvalue weighted by atomic mass is 28.3. The molecule has 0 atom stereocenters. The van der Waals surface area contributed by atoms with E-state index in [1.54, 1.807) is 0 Å². The highest BCUT2D eigenvalue weighted by Crippen LogP contribution is 2.42. The van der Waals surface area contributed by atoms with Crippen LogP contribution in [0.4, 0.5) is 0 Å². The quantitative estimate of drug-likeness (QED) is 0.136. The summed E-state index contributed by atoms with van der Waals surface area (Å²) < 4.78 is 0. The van der Waals surface area contributed by atoms with Crippen molar-refractivity contribution in [2.45, 2.75) is 85.9 Å². The summed E-state index contributed by atoms with van der Waals surface area (Å²) in [5.41, 5.74) is 2.73. The summed E-state index contributed by atoms with van der Waals surface area (Å²) in [6.07, 6.45) is 3.12. The molecule has 0 N–H and O–H groups in total. The molecule has 0 aliphatic heterocycles. The van der Waals surface area contributed by atoms with E-state index in [0.29, 0.717) is 5.54 Å². The second-order valence-electron chi connectivity index (χ2n) is 12.1. The van der Waals surface area contributed by atoms with Gasteiger partial charge in [0.2, 0.25) is 0 Å².